The fraction of sp³-hybridized carbons (Fsp3) is 0.154. The largest absolute Gasteiger partial charge is 0.479 e. The van der Waals surface area contributed by atoms with Crippen LogP contribution in [0.3, 0.4) is 0 Å². The van der Waals surface area contributed by atoms with E-state index in [1.54, 1.807) is 25.1 Å². The van der Waals surface area contributed by atoms with Gasteiger partial charge in [0.15, 0.2) is 17.7 Å². The van der Waals surface area contributed by atoms with E-state index >= 15 is 0 Å². The smallest absolute Gasteiger partial charge is 0.212 e. The van der Waals surface area contributed by atoms with Gasteiger partial charge >= 0.3 is 0 Å². The monoisotopic (exact) mass is 318 g/mol. The second-order valence-corrected chi connectivity index (χ2v) is 5.90. The Morgan fingerprint density at radius 2 is 2.05 bits per heavy atom. The van der Waals surface area contributed by atoms with Crippen molar-refractivity contribution in [2.75, 3.05) is 0 Å². The molecule has 1 atom stereocenters. The Morgan fingerprint density at radius 3 is 2.68 bits per heavy atom. The molecule has 0 saturated carbocycles. The summed E-state index contributed by atoms with van der Waals surface area (Å²) in [7, 11) is 0. The first-order valence-corrected chi connectivity index (χ1v) is 6.96. The molecule has 6 heteroatoms. The zero-order chi connectivity index (χ0) is 14.0. The zero-order valence-corrected chi connectivity index (χ0v) is 12.2. The molecule has 0 bridgehead atoms. The lowest BCUT2D eigenvalue weighted by molar-refractivity contribution is 0.0816. The third kappa shape index (κ3) is 3.26. The highest BCUT2D eigenvalue weighted by molar-refractivity contribution is 7.18. The fourth-order valence-corrected chi connectivity index (χ4v) is 2.69. The lowest BCUT2D eigenvalue weighted by atomic mass is 10.2. The molecule has 1 aromatic heterocycles. The number of ketones is 1. The van der Waals surface area contributed by atoms with Crippen LogP contribution in [0.2, 0.25) is 9.36 Å². The lowest BCUT2D eigenvalue weighted by Gasteiger charge is -2.13. The van der Waals surface area contributed by atoms with E-state index in [4.69, 9.17) is 27.9 Å². The van der Waals surface area contributed by atoms with Crippen molar-refractivity contribution in [3.63, 3.8) is 0 Å². The molecule has 0 amide bonds. The number of carbonyl (C=O) groups excluding carboxylic acids is 1. The van der Waals surface area contributed by atoms with Crippen molar-refractivity contribution in [3.05, 3.63) is 50.4 Å². The number of rotatable bonds is 4. The molecule has 1 heterocycles. The van der Waals surface area contributed by atoms with E-state index in [0.29, 0.717) is 9.21 Å². The molecule has 2 rings (SSSR count). The molecule has 0 saturated heterocycles. The Labute approximate surface area is 123 Å². The summed E-state index contributed by atoms with van der Waals surface area (Å²) in [6.07, 6.45) is -0.817. The Balaban J connectivity index is 2.15. The number of halogens is 3. The molecule has 19 heavy (non-hydrogen) atoms. The number of hydrogen-bond donors (Lipinski definition) is 0. The highest BCUT2D eigenvalue weighted by atomic mass is 35.5. The van der Waals surface area contributed by atoms with Crippen LogP contribution in [0.15, 0.2) is 30.3 Å². The summed E-state index contributed by atoms with van der Waals surface area (Å²) >= 11 is 12.6. The third-order valence-corrected chi connectivity index (χ3v) is 3.94. The van der Waals surface area contributed by atoms with Gasteiger partial charge in [-0.3, -0.25) is 4.79 Å². The van der Waals surface area contributed by atoms with Crippen LogP contribution in [-0.2, 0) is 0 Å². The summed E-state index contributed by atoms with van der Waals surface area (Å²) in [6, 6.07) is 7.64. The van der Waals surface area contributed by atoms with Gasteiger partial charge in [0.05, 0.1) is 14.2 Å². The minimum absolute atomic E-state index is 0.0451. The van der Waals surface area contributed by atoms with Crippen LogP contribution >= 0.6 is 34.5 Å². The summed E-state index contributed by atoms with van der Waals surface area (Å²) < 4.78 is 19.5. The maximum atomic E-state index is 13.6. The van der Waals surface area contributed by atoms with Gasteiger partial charge in [-0.1, -0.05) is 29.3 Å². The summed E-state index contributed by atoms with van der Waals surface area (Å²) in [5, 5.41) is -0.0451. The predicted molar refractivity (Wildman–Crippen MR) is 75.2 cm³/mol. The number of carbonyl (C=O) groups is 1. The van der Waals surface area contributed by atoms with Gasteiger partial charge in [-0.25, -0.2) is 4.39 Å². The maximum Gasteiger partial charge on any atom is 0.212 e. The van der Waals surface area contributed by atoms with Crippen molar-refractivity contribution in [3.8, 4) is 5.75 Å². The molecule has 0 radical (unpaired) electrons. The van der Waals surface area contributed by atoms with E-state index in [-0.39, 0.29) is 16.6 Å². The Morgan fingerprint density at radius 1 is 1.32 bits per heavy atom. The third-order valence-electron chi connectivity index (χ3n) is 2.41. The second-order valence-electron chi connectivity index (χ2n) is 3.78. The van der Waals surface area contributed by atoms with Crippen LogP contribution < -0.4 is 4.74 Å². The standard InChI is InChI=1S/C13H9Cl2FO2S/c1-7(13(17)10-5-6-11(15)19-10)18-9-4-2-3-8(14)12(9)16/h2-7H,1H3. The Bertz CT molecular complexity index is 612. The van der Waals surface area contributed by atoms with Gasteiger partial charge in [0.25, 0.3) is 0 Å². The van der Waals surface area contributed by atoms with E-state index in [1.807, 2.05) is 0 Å². The van der Waals surface area contributed by atoms with Crippen molar-refractivity contribution in [2.24, 2.45) is 0 Å². The molecule has 0 aliphatic carbocycles. The number of thiophene rings is 1. The van der Waals surface area contributed by atoms with Gasteiger partial charge in [0.2, 0.25) is 5.78 Å². The molecule has 2 aromatic rings. The van der Waals surface area contributed by atoms with Gasteiger partial charge < -0.3 is 4.74 Å². The molecule has 0 aliphatic rings. The number of Topliss-reactive ketones (excluding diaryl/α,β-unsaturated/α-hetero) is 1. The highest BCUT2D eigenvalue weighted by Crippen LogP contribution is 2.27. The van der Waals surface area contributed by atoms with Gasteiger partial charge in [0, 0.05) is 0 Å². The molecular formula is C13H9Cl2FO2S. The molecular weight excluding hydrogens is 310 g/mol. The molecule has 0 N–H and O–H groups in total. The average Bonchev–Trinajstić information content (AvgIpc) is 2.80. The van der Waals surface area contributed by atoms with E-state index in [1.165, 1.54) is 12.1 Å². The van der Waals surface area contributed by atoms with Gasteiger partial charge in [0.1, 0.15) is 0 Å². The Hall–Kier alpha value is -1.10. The SMILES string of the molecule is CC(Oc1cccc(Cl)c1F)C(=O)c1ccc(Cl)s1. The van der Waals surface area contributed by atoms with Crippen LogP contribution in [-0.4, -0.2) is 11.9 Å². The van der Waals surface area contributed by atoms with Crippen molar-refractivity contribution in [2.45, 2.75) is 13.0 Å². The number of benzene rings is 1. The molecule has 1 aromatic carbocycles. The quantitative estimate of drug-likeness (QED) is 0.754. The number of ether oxygens (including phenoxy) is 1. The molecule has 0 fully saturated rings. The minimum Gasteiger partial charge on any atom is -0.479 e. The van der Waals surface area contributed by atoms with E-state index in [2.05, 4.69) is 0 Å². The van der Waals surface area contributed by atoms with Crippen LogP contribution in [0, 0.1) is 5.82 Å². The Kier molecular flexibility index (Phi) is 4.45. The topological polar surface area (TPSA) is 26.3 Å². The average molecular weight is 319 g/mol. The van der Waals surface area contributed by atoms with Crippen molar-refractivity contribution < 1.29 is 13.9 Å². The second kappa shape index (κ2) is 5.90. The maximum absolute atomic E-state index is 13.6. The van der Waals surface area contributed by atoms with Crippen LogP contribution in [0.25, 0.3) is 0 Å². The van der Waals surface area contributed by atoms with E-state index < -0.39 is 11.9 Å². The molecule has 100 valence electrons. The number of hydrogen-bond acceptors (Lipinski definition) is 3. The first kappa shape index (κ1) is 14.3. The summed E-state index contributed by atoms with van der Waals surface area (Å²) in [5.41, 5.74) is 0. The summed E-state index contributed by atoms with van der Waals surface area (Å²) in [4.78, 5) is 12.5. The van der Waals surface area contributed by atoms with Crippen LogP contribution in [0.5, 0.6) is 5.75 Å². The first-order chi connectivity index (χ1) is 8.99. The van der Waals surface area contributed by atoms with E-state index in [0.717, 1.165) is 11.3 Å². The van der Waals surface area contributed by atoms with Gasteiger partial charge in [-0.05, 0) is 31.2 Å². The van der Waals surface area contributed by atoms with Crippen LogP contribution in [0.1, 0.15) is 16.6 Å². The molecule has 0 aliphatic heterocycles. The van der Waals surface area contributed by atoms with E-state index in [9.17, 15) is 9.18 Å². The predicted octanol–water partition coefficient (Wildman–Crippen LogP) is 4.84. The van der Waals surface area contributed by atoms with Crippen molar-refractivity contribution >= 4 is 40.3 Å². The molecule has 2 nitrogen and oxygen atoms in total. The lowest BCUT2D eigenvalue weighted by Crippen LogP contribution is -2.23. The molecule has 0 spiro atoms. The fourth-order valence-electron chi connectivity index (χ4n) is 1.47. The molecule has 1 unspecified atom stereocenters. The van der Waals surface area contributed by atoms with Gasteiger partial charge in [-0.2, -0.15) is 0 Å². The minimum atomic E-state index is -0.817. The van der Waals surface area contributed by atoms with Crippen molar-refractivity contribution in [1.29, 1.82) is 0 Å². The summed E-state index contributed by atoms with van der Waals surface area (Å²) in [6.45, 7) is 1.55. The van der Waals surface area contributed by atoms with Crippen molar-refractivity contribution in [1.82, 2.24) is 0 Å². The normalized spacial score (nSPS) is 12.2. The summed E-state index contributed by atoms with van der Waals surface area (Å²) in [5.74, 6) is -0.972. The first-order valence-electron chi connectivity index (χ1n) is 5.39. The van der Waals surface area contributed by atoms with Crippen LogP contribution in [0.4, 0.5) is 4.39 Å². The van der Waals surface area contributed by atoms with Gasteiger partial charge in [-0.15, -0.1) is 11.3 Å². The highest BCUT2D eigenvalue weighted by Gasteiger charge is 2.20. The zero-order valence-electron chi connectivity index (χ0n) is 9.82.